The molecule has 20 heavy (non-hydrogen) atoms. The van der Waals surface area contributed by atoms with E-state index in [1.165, 1.54) is 17.1 Å². The zero-order chi connectivity index (χ0) is 14.7. The maximum atomic E-state index is 11.5. The lowest BCUT2D eigenvalue weighted by Crippen LogP contribution is -2.29. The van der Waals surface area contributed by atoms with Crippen LogP contribution in [-0.4, -0.2) is 44.8 Å². The lowest BCUT2D eigenvalue weighted by molar-refractivity contribution is -0.119. The third-order valence-corrected chi connectivity index (χ3v) is 2.79. The Kier molecular flexibility index (Phi) is 3.83. The molecule has 2 rings (SSSR count). The summed E-state index contributed by atoms with van der Waals surface area (Å²) in [5.41, 5.74) is 0.907. The van der Waals surface area contributed by atoms with Gasteiger partial charge in [-0.2, -0.15) is 5.10 Å². The first kappa shape index (κ1) is 13.8. The summed E-state index contributed by atoms with van der Waals surface area (Å²) < 4.78 is 1.54. The van der Waals surface area contributed by atoms with Crippen LogP contribution in [0.3, 0.4) is 0 Å². The average Bonchev–Trinajstić information content (AvgIpc) is 2.78. The second-order valence-electron chi connectivity index (χ2n) is 4.16. The first-order chi connectivity index (χ1) is 9.54. The van der Waals surface area contributed by atoms with Gasteiger partial charge in [0, 0.05) is 19.8 Å². The number of aromatic nitrogens is 3. The Morgan fingerprint density at radius 3 is 2.80 bits per heavy atom. The highest BCUT2D eigenvalue weighted by Crippen LogP contribution is 2.25. The van der Waals surface area contributed by atoms with E-state index in [0.717, 1.165) is 0 Å². The van der Waals surface area contributed by atoms with E-state index in [9.17, 15) is 14.7 Å². The van der Waals surface area contributed by atoms with E-state index in [0.29, 0.717) is 23.3 Å². The molecule has 0 unspecified atom stereocenters. The fourth-order valence-electron chi connectivity index (χ4n) is 1.88. The van der Waals surface area contributed by atoms with Gasteiger partial charge >= 0.3 is 5.97 Å². The first-order valence-corrected chi connectivity index (χ1v) is 6.09. The zero-order valence-corrected chi connectivity index (χ0v) is 11.2. The van der Waals surface area contributed by atoms with Crippen molar-refractivity contribution in [2.45, 2.75) is 6.92 Å². The Bertz CT molecular complexity index is 664. The quantitative estimate of drug-likeness (QED) is 0.721. The number of rotatable bonds is 5. The fourth-order valence-corrected chi connectivity index (χ4v) is 1.88. The van der Waals surface area contributed by atoms with E-state index in [4.69, 9.17) is 0 Å². The molecule has 0 aliphatic rings. The topological polar surface area (TPSA) is 109 Å². The fraction of sp³-hybridized carbons (Fsp3) is 0.333. The summed E-state index contributed by atoms with van der Waals surface area (Å²) in [6.45, 7) is 2.32. The van der Waals surface area contributed by atoms with Gasteiger partial charge in [0.25, 0.3) is 0 Å². The maximum Gasteiger partial charge on any atom is 0.339 e. The van der Waals surface area contributed by atoms with Gasteiger partial charge in [-0.25, -0.2) is 9.78 Å². The Morgan fingerprint density at radius 2 is 2.15 bits per heavy atom. The molecule has 0 fully saturated rings. The highest BCUT2D eigenvalue weighted by molar-refractivity contribution is 6.04. The second kappa shape index (κ2) is 5.55. The lowest BCUT2D eigenvalue weighted by Gasteiger charge is -2.10. The van der Waals surface area contributed by atoms with Crippen LogP contribution in [-0.2, 0) is 11.8 Å². The number of aryl methyl sites for hydroxylation is 1. The SMILES string of the molecule is CCNC(=O)CNc1c(C(=O)O)cnc2c1cnn2C. The lowest BCUT2D eigenvalue weighted by atomic mass is 10.2. The molecular weight excluding hydrogens is 262 g/mol. The van der Waals surface area contributed by atoms with Crippen LogP contribution >= 0.6 is 0 Å². The summed E-state index contributed by atoms with van der Waals surface area (Å²) in [7, 11) is 1.71. The molecule has 0 saturated heterocycles. The van der Waals surface area contributed by atoms with Gasteiger partial charge in [-0.3, -0.25) is 9.48 Å². The predicted octanol–water partition coefficient (Wildman–Crippen LogP) is 0.214. The van der Waals surface area contributed by atoms with E-state index >= 15 is 0 Å². The van der Waals surface area contributed by atoms with Gasteiger partial charge in [0.05, 0.1) is 23.8 Å². The first-order valence-electron chi connectivity index (χ1n) is 6.09. The van der Waals surface area contributed by atoms with Crippen LogP contribution in [0.15, 0.2) is 12.4 Å². The molecule has 3 N–H and O–H groups in total. The van der Waals surface area contributed by atoms with Crippen molar-refractivity contribution in [2.24, 2.45) is 7.05 Å². The number of carbonyl (C=O) groups is 2. The van der Waals surface area contributed by atoms with Crippen molar-refractivity contribution in [2.75, 3.05) is 18.4 Å². The van der Waals surface area contributed by atoms with Gasteiger partial charge in [0.15, 0.2) is 5.65 Å². The Hall–Kier alpha value is -2.64. The number of pyridine rings is 1. The zero-order valence-electron chi connectivity index (χ0n) is 11.2. The van der Waals surface area contributed by atoms with Gasteiger partial charge in [0.2, 0.25) is 5.91 Å². The maximum absolute atomic E-state index is 11.5. The molecular formula is C12H15N5O3. The van der Waals surface area contributed by atoms with Crippen LogP contribution in [0.25, 0.3) is 11.0 Å². The highest BCUT2D eigenvalue weighted by Gasteiger charge is 2.17. The Morgan fingerprint density at radius 1 is 1.40 bits per heavy atom. The highest BCUT2D eigenvalue weighted by atomic mass is 16.4. The van der Waals surface area contributed by atoms with Crippen molar-refractivity contribution >= 4 is 28.6 Å². The molecule has 0 aromatic carbocycles. The van der Waals surface area contributed by atoms with E-state index in [1.807, 2.05) is 6.92 Å². The van der Waals surface area contributed by atoms with Crippen LogP contribution in [0, 0.1) is 0 Å². The molecule has 0 saturated carbocycles. The summed E-state index contributed by atoms with van der Waals surface area (Å²) in [5.74, 6) is -1.32. The number of carbonyl (C=O) groups excluding carboxylic acids is 1. The third kappa shape index (κ3) is 2.53. The smallest absolute Gasteiger partial charge is 0.339 e. The van der Waals surface area contributed by atoms with Crippen molar-refractivity contribution in [1.29, 1.82) is 0 Å². The van der Waals surface area contributed by atoms with Crippen LogP contribution in [0.4, 0.5) is 5.69 Å². The summed E-state index contributed by atoms with van der Waals surface area (Å²) in [6.07, 6.45) is 2.78. The Balaban J connectivity index is 2.39. The van der Waals surface area contributed by atoms with Crippen LogP contribution in [0.1, 0.15) is 17.3 Å². The number of anilines is 1. The van der Waals surface area contributed by atoms with Crippen molar-refractivity contribution < 1.29 is 14.7 Å². The van der Waals surface area contributed by atoms with Crippen molar-refractivity contribution in [3.8, 4) is 0 Å². The molecule has 8 heteroatoms. The van der Waals surface area contributed by atoms with Gasteiger partial charge in [0.1, 0.15) is 5.56 Å². The van der Waals surface area contributed by atoms with E-state index in [1.54, 1.807) is 7.05 Å². The molecule has 0 aliphatic heterocycles. The molecule has 0 aliphatic carbocycles. The number of carboxylic acid groups (broad SMARTS) is 1. The van der Waals surface area contributed by atoms with E-state index < -0.39 is 5.97 Å². The van der Waals surface area contributed by atoms with Crippen LogP contribution in [0.2, 0.25) is 0 Å². The molecule has 2 aromatic heterocycles. The van der Waals surface area contributed by atoms with Gasteiger partial charge in [-0.15, -0.1) is 0 Å². The minimum atomic E-state index is -1.11. The molecule has 2 aromatic rings. The molecule has 1 amide bonds. The summed E-state index contributed by atoms with van der Waals surface area (Å²) in [4.78, 5) is 26.8. The van der Waals surface area contributed by atoms with Crippen molar-refractivity contribution in [1.82, 2.24) is 20.1 Å². The number of hydrogen-bond acceptors (Lipinski definition) is 5. The molecule has 8 nitrogen and oxygen atoms in total. The minimum Gasteiger partial charge on any atom is -0.478 e. The summed E-state index contributed by atoms with van der Waals surface area (Å²) in [5, 5.41) is 19.3. The van der Waals surface area contributed by atoms with Gasteiger partial charge in [-0.1, -0.05) is 0 Å². The minimum absolute atomic E-state index is 0.00907. The predicted molar refractivity (Wildman–Crippen MR) is 72.6 cm³/mol. The van der Waals surface area contributed by atoms with E-state index in [2.05, 4.69) is 20.7 Å². The standard InChI is InChI=1S/C12H15N5O3/c1-3-13-9(18)6-14-10-7-5-16-17(2)11(7)15-4-8(10)12(19)20/h4-5H,3,6H2,1-2H3,(H,13,18)(H,14,15)(H,19,20). The summed E-state index contributed by atoms with van der Waals surface area (Å²) >= 11 is 0. The number of nitrogens with one attached hydrogen (secondary N) is 2. The van der Waals surface area contributed by atoms with Crippen LogP contribution < -0.4 is 10.6 Å². The monoisotopic (exact) mass is 277 g/mol. The van der Waals surface area contributed by atoms with Crippen LogP contribution in [0.5, 0.6) is 0 Å². The number of aromatic carboxylic acids is 1. The van der Waals surface area contributed by atoms with Gasteiger partial charge < -0.3 is 15.7 Å². The van der Waals surface area contributed by atoms with E-state index in [-0.39, 0.29) is 18.0 Å². The molecule has 2 heterocycles. The molecule has 106 valence electrons. The van der Waals surface area contributed by atoms with Crippen molar-refractivity contribution in [3.63, 3.8) is 0 Å². The number of hydrogen-bond donors (Lipinski definition) is 3. The average molecular weight is 277 g/mol. The molecule has 0 bridgehead atoms. The normalized spacial score (nSPS) is 10.5. The number of carboxylic acids is 1. The largest absolute Gasteiger partial charge is 0.478 e. The Labute approximate surface area is 114 Å². The molecule has 0 radical (unpaired) electrons. The summed E-state index contributed by atoms with van der Waals surface area (Å²) in [6, 6.07) is 0. The van der Waals surface area contributed by atoms with Gasteiger partial charge in [-0.05, 0) is 6.92 Å². The number of likely N-dealkylation sites (N-methyl/N-ethyl adjacent to an activating group) is 1. The second-order valence-corrected chi connectivity index (χ2v) is 4.16. The molecule has 0 atom stereocenters. The number of nitrogens with zero attached hydrogens (tertiary/aromatic N) is 3. The number of amides is 1. The van der Waals surface area contributed by atoms with Crippen molar-refractivity contribution in [3.05, 3.63) is 18.0 Å². The molecule has 0 spiro atoms. The third-order valence-electron chi connectivity index (χ3n) is 2.79. The number of fused-ring (bicyclic) bond motifs is 1.